The quantitative estimate of drug-likeness (QED) is 0.476. The van der Waals surface area contributed by atoms with Crippen LogP contribution in [0.4, 0.5) is 0 Å². The number of likely N-dealkylation sites (N-methyl/N-ethyl adjacent to an activating group) is 1. The minimum absolute atomic E-state index is 0.217. The van der Waals surface area contributed by atoms with Crippen molar-refractivity contribution < 1.29 is 19.5 Å². The van der Waals surface area contributed by atoms with Crippen LogP contribution in [0, 0.1) is 5.92 Å². The molecule has 4 atom stereocenters. The molecule has 0 radical (unpaired) electrons. The Bertz CT molecular complexity index is 1230. The SMILES string of the molecule is CCC12CC(C)(O)C(O)(c3ccccn3)CC1CCc1cc(OCc3noc(CCN(C)C)n3)ccc12. The summed E-state index contributed by atoms with van der Waals surface area (Å²) in [4.78, 5) is 10.9. The van der Waals surface area contributed by atoms with E-state index in [0.717, 1.165) is 31.6 Å². The second-order valence-corrected chi connectivity index (χ2v) is 11.2. The zero-order valence-corrected chi connectivity index (χ0v) is 22.3. The van der Waals surface area contributed by atoms with E-state index < -0.39 is 11.2 Å². The third kappa shape index (κ3) is 4.67. The lowest BCUT2D eigenvalue weighted by molar-refractivity contribution is -0.207. The first kappa shape index (κ1) is 25.8. The van der Waals surface area contributed by atoms with Crippen LogP contribution in [0.15, 0.2) is 47.1 Å². The highest BCUT2D eigenvalue weighted by atomic mass is 16.5. The van der Waals surface area contributed by atoms with Crippen molar-refractivity contribution >= 4 is 0 Å². The first-order valence-electron chi connectivity index (χ1n) is 13.3. The monoisotopic (exact) mass is 506 g/mol. The zero-order valence-electron chi connectivity index (χ0n) is 22.3. The summed E-state index contributed by atoms with van der Waals surface area (Å²) in [6, 6.07) is 11.8. The van der Waals surface area contributed by atoms with Crippen LogP contribution in [0.1, 0.15) is 68.1 Å². The Morgan fingerprint density at radius 2 is 2.03 bits per heavy atom. The third-order valence-electron chi connectivity index (χ3n) is 8.62. The van der Waals surface area contributed by atoms with Crippen LogP contribution in [-0.4, -0.2) is 56.5 Å². The number of rotatable bonds is 8. The first-order valence-corrected chi connectivity index (χ1v) is 13.3. The Hall–Kier alpha value is -2.81. The number of hydrogen-bond donors (Lipinski definition) is 2. The van der Waals surface area contributed by atoms with Crippen LogP contribution in [0.3, 0.4) is 0 Å². The fraction of sp³-hybridized carbons (Fsp3) is 0.552. The summed E-state index contributed by atoms with van der Waals surface area (Å²) < 4.78 is 11.4. The number of ether oxygens (including phenoxy) is 1. The molecule has 5 rings (SSSR count). The van der Waals surface area contributed by atoms with E-state index >= 15 is 0 Å². The van der Waals surface area contributed by atoms with Gasteiger partial charge in [-0.3, -0.25) is 4.98 Å². The fourth-order valence-corrected chi connectivity index (χ4v) is 6.56. The molecule has 2 N–H and O–H groups in total. The predicted molar refractivity (Wildman–Crippen MR) is 139 cm³/mol. The molecule has 0 aliphatic heterocycles. The molecule has 1 fully saturated rings. The number of pyridine rings is 1. The molecule has 2 aliphatic carbocycles. The smallest absolute Gasteiger partial charge is 0.228 e. The van der Waals surface area contributed by atoms with Crippen molar-refractivity contribution in [3.63, 3.8) is 0 Å². The fourth-order valence-electron chi connectivity index (χ4n) is 6.56. The van der Waals surface area contributed by atoms with E-state index in [1.165, 1.54) is 11.1 Å². The van der Waals surface area contributed by atoms with Gasteiger partial charge >= 0.3 is 0 Å². The Morgan fingerprint density at radius 3 is 2.76 bits per heavy atom. The molecule has 8 nitrogen and oxygen atoms in total. The molecule has 3 aromatic rings. The van der Waals surface area contributed by atoms with E-state index in [1.54, 1.807) is 13.1 Å². The van der Waals surface area contributed by atoms with Gasteiger partial charge in [0.25, 0.3) is 0 Å². The van der Waals surface area contributed by atoms with Crippen molar-refractivity contribution in [2.24, 2.45) is 5.92 Å². The van der Waals surface area contributed by atoms with Gasteiger partial charge in [0.2, 0.25) is 11.7 Å². The number of aliphatic hydroxyl groups is 2. The maximum Gasteiger partial charge on any atom is 0.228 e. The summed E-state index contributed by atoms with van der Waals surface area (Å²) in [6.07, 6.45) is 6.07. The molecule has 1 saturated carbocycles. The number of aromatic nitrogens is 3. The lowest BCUT2D eigenvalue weighted by Gasteiger charge is -2.58. The molecule has 2 heterocycles. The van der Waals surface area contributed by atoms with Crippen LogP contribution >= 0.6 is 0 Å². The molecule has 0 spiro atoms. The largest absolute Gasteiger partial charge is 0.485 e. The molecular formula is C29H38N4O4. The van der Waals surface area contributed by atoms with Gasteiger partial charge in [-0.05, 0) is 94.4 Å². The predicted octanol–water partition coefficient (Wildman–Crippen LogP) is 3.79. The summed E-state index contributed by atoms with van der Waals surface area (Å²) >= 11 is 0. The summed E-state index contributed by atoms with van der Waals surface area (Å²) in [5.74, 6) is 2.16. The van der Waals surface area contributed by atoms with Crippen molar-refractivity contribution in [1.29, 1.82) is 0 Å². The summed E-state index contributed by atoms with van der Waals surface area (Å²) in [6.45, 7) is 5.05. The number of benzene rings is 1. The van der Waals surface area contributed by atoms with Crippen molar-refractivity contribution in [3.05, 3.63) is 71.1 Å². The van der Waals surface area contributed by atoms with Gasteiger partial charge in [-0.25, -0.2) is 0 Å². The van der Waals surface area contributed by atoms with Crippen LogP contribution in [0.25, 0.3) is 0 Å². The molecule has 2 aliphatic rings. The second-order valence-electron chi connectivity index (χ2n) is 11.2. The zero-order chi connectivity index (χ0) is 26.3. The number of aryl methyl sites for hydroxylation is 1. The molecular weight excluding hydrogens is 468 g/mol. The third-order valence-corrected chi connectivity index (χ3v) is 8.62. The van der Waals surface area contributed by atoms with E-state index in [2.05, 4.69) is 39.1 Å². The Morgan fingerprint density at radius 1 is 1.19 bits per heavy atom. The normalized spacial score (nSPS) is 29.1. The van der Waals surface area contributed by atoms with Gasteiger partial charge in [-0.15, -0.1) is 0 Å². The van der Waals surface area contributed by atoms with E-state index in [0.29, 0.717) is 36.7 Å². The molecule has 0 bridgehead atoms. The van der Waals surface area contributed by atoms with E-state index in [1.807, 2.05) is 38.4 Å². The van der Waals surface area contributed by atoms with Gasteiger partial charge < -0.3 is 24.4 Å². The minimum atomic E-state index is -1.38. The van der Waals surface area contributed by atoms with Crippen LogP contribution in [0.5, 0.6) is 5.75 Å². The average molecular weight is 507 g/mol. The highest BCUT2D eigenvalue weighted by molar-refractivity contribution is 5.45. The maximum atomic E-state index is 11.8. The van der Waals surface area contributed by atoms with E-state index in [9.17, 15) is 10.2 Å². The molecule has 37 heavy (non-hydrogen) atoms. The van der Waals surface area contributed by atoms with Gasteiger partial charge in [0.05, 0.1) is 11.3 Å². The van der Waals surface area contributed by atoms with Gasteiger partial charge in [-0.1, -0.05) is 24.2 Å². The molecule has 4 unspecified atom stereocenters. The summed E-state index contributed by atoms with van der Waals surface area (Å²) in [5, 5.41) is 27.5. The van der Waals surface area contributed by atoms with Crippen molar-refractivity contribution in [2.75, 3.05) is 20.6 Å². The van der Waals surface area contributed by atoms with Gasteiger partial charge in [0, 0.05) is 24.6 Å². The molecule has 198 valence electrons. The van der Waals surface area contributed by atoms with Crippen LogP contribution in [0.2, 0.25) is 0 Å². The maximum absolute atomic E-state index is 11.8. The van der Waals surface area contributed by atoms with Crippen molar-refractivity contribution in [2.45, 2.75) is 75.6 Å². The Balaban J connectivity index is 1.35. The Kier molecular flexibility index (Phi) is 6.85. The summed E-state index contributed by atoms with van der Waals surface area (Å²) in [7, 11) is 4.02. The first-order chi connectivity index (χ1) is 17.7. The van der Waals surface area contributed by atoms with Crippen molar-refractivity contribution in [1.82, 2.24) is 20.0 Å². The lowest BCUT2D eigenvalue weighted by atomic mass is 9.49. The van der Waals surface area contributed by atoms with Gasteiger partial charge in [0.15, 0.2) is 6.61 Å². The van der Waals surface area contributed by atoms with Crippen molar-refractivity contribution in [3.8, 4) is 5.75 Å². The molecule has 2 aromatic heterocycles. The molecule has 0 amide bonds. The second kappa shape index (κ2) is 9.82. The summed E-state index contributed by atoms with van der Waals surface area (Å²) in [5.41, 5.74) is 0.132. The average Bonchev–Trinajstić information content (AvgIpc) is 3.35. The van der Waals surface area contributed by atoms with Gasteiger partial charge in [-0.2, -0.15) is 4.98 Å². The number of nitrogens with zero attached hydrogens (tertiary/aromatic N) is 4. The topological polar surface area (TPSA) is 105 Å². The van der Waals surface area contributed by atoms with E-state index in [-0.39, 0.29) is 17.9 Å². The molecule has 8 heteroatoms. The lowest BCUT2D eigenvalue weighted by Crippen LogP contribution is -2.62. The van der Waals surface area contributed by atoms with Gasteiger partial charge in [0.1, 0.15) is 11.4 Å². The number of fused-ring (bicyclic) bond motifs is 3. The highest BCUT2D eigenvalue weighted by Crippen LogP contribution is 2.59. The minimum Gasteiger partial charge on any atom is -0.485 e. The van der Waals surface area contributed by atoms with Crippen LogP contribution < -0.4 is 4.74 Å². The van der Waals surface area contributed by atoms with E-state index in [4.69, 9.17) is 9.26 Å². The number of hydrogen-bond acceptors (Lipinski definition) is 8. The highest BCUT2D eigenvalue weighted by Gasteiger charge is 2.61. The standard InChI is InChI=1S/C29H38N4O4/c1-5-28-19-27(2,34)29(35,24-8-6-7-14-30-24)17-21(28)10-9-20-16-22(11-12-23(20)28)36-18-25-31-26(37-32-25)13-15-33(3)4/h6-8,11-12,14,16,21,34-35H,5,9-10,13,15,17-19H2,1-4H3. The molecule has 0 saturated heterocycles. The Labute approximate surface area is 218 Å². The molecule has 1 aromatic carbocycles. The van der Waals surface area contributed by atoms with Crippen LogP contribution in [-0.2, 0) is 30.5 Å².